The second-order valence-corrected chi connectivity index (χ2v) is 5.31. The van der Waals surface area contributed by atoms with Crippen molar-refractivity contribution >= 4 is 11.7 Å². The van der Waals surface area contributed by atoms with Crippen LogP contribution in [0.25, 0.3) is 5.65 Å². The van der Waals surface area contributed by atoms with Crippen LogP contribution >= 0.6 is 0 Å². The van der Waals surface area contributed by atoms with Crippen molar-refractivity contribution in [2.75, 3.05) is 26.2 Å². The first-order valence-corrected chi connectivity index (χ1v) is 7.29. The quantitative estimate of drug-likeness (QED) is 0.926. The first-order chi connectivity index (χ1) is 10.2. The molecule has 112 valence electrons. The lowest BCUT2D eigenvalue weighted by atomic mass is 10.3. The molecule has 1 aliphatic rings. The minimum atomic E-state index is -0.0195. The van der Waals surface area contributed by atoms with Crippen LogP contribution < -0.4 is 5.32 Å². The summed E-state index contributed by atoms with van der Waals surface area (Å²) in [6.07, 6.45) is 4.81. The second-order valence-electron chi connectivity index (χ2n) is 5.31. The van der Waals surface area contributed by atoms with E-state index in [0.717, 1.165) is 17.8 Å². The molecule has 1 aliphatic heterocycles. The van der Waals surface area contributed by atoms with Gasteiger partial charge in [0.1, 0.15) is 5.65 Å². The predicted octanol–water partition coefficient (Wildman–Crippen LogP) is 1.31. The van der Waals surface area contributed by atoms with Gasteiger partial charge in [-0.3, -0.25) is 0 Å². The molecule has 0 radical (unpaired) electrons. The minimum Gasteiger partial charge on any atom is -0.375 e. The number of nitrogens with zero attached hydrogens (tertiary/aromatic N) is 3. The van der Waals surface area contributed by atoms with Crippen LogP contribution in [0.4, 0.5) is 4.79 Å². The molecule has 21 heavy (non-hydrogen) atoms. The zero-order chi connectivity index (χ0) is 14.7. The van der Waals surface area contributed by atoms with E-state index in [4.69, 9.17) is 4.74 Å². The van der Waals surface area contributed by atoms with Gasteiger partial charge in [0, 0.05) is 38.4 Å². The molecule has 0 spiro atoms. The molecule has 1 atom stereocenters. The Kier molecular flexibility index (Phi) is 4.06. The van der Waals surface area contributed by atoms with Crippen molar-refractivity contribution in [1.29, 1.82) is 0 Å². The molecule has 0 unspecified atom stereocenters. The van der Waals surface area contributed by atoms with Crippen LogP contribution in [0, 0.1) is 0 Å². The van der Waals surface area contributed by atoms with Gasteiger partial charge in [0.2, 0.25) is 0 Å². The van der Waals surface area contributed by atoms with Crippen LogP contribution in [0.3, 0.4) is 0 Å². The molecule has 0 aliphatic carbocycles. The maximum atomic E-state index is 12.0. The molecule has 0 bridgehead atoms. The first-order valence-electron chi connectivity index (χ1n) is 7.29. The van der Waals surface area contributed by atoms with Gasteiger partial charge < -0.3 is 19.4 Å². The molecule has 6 heteroatoms. The number of morpholine rings is 1. The fourth-order valence-electron chi connectivity index (χ4n) is 2.52. The Morgan fingerprint density at radius 3 is 3.24 bits per heavy atom. The third-order valence-electron chi connectivity index (χ3n) is 3.60. The fraction of sp³-hybridized carbons (Fsp3) is 0.467. The van der Waals surface area contributed by atoms with Gasteiger partial charge in [-0.25, -0.2) is 9.78 Å². The van der Waals surface area contributed by atoms with E-state index in [2.05, 4.69) is 10.3 Å². The van der Waals surface area contributed by atoms with Crippen molar-refractivity contribution < 1.29 is 9.53 Å². The summed E-state index contributed by atoms with van der Waals surface area (Å²) in [5.41, 5.74) is 1.91. The van der Waals surface area contributed by atoms with Crippen LogP contribution in [-0.4, -0.2) is 52.7 Å². The van der Waals surface area contributed by atoms with Crippen molar-refractivity contribution in [3.05, 3.63) is 36.3 Å². The number of hydrogen-bond acceptors (Lipinski definition) is 3. The average Bonchev–Trinajstić information content (AvgIpc) is 2.89. The number of carbonyl (C=O) groups is 1. The summed E-state index contributed by atoms with van der Waals surface area (Å²) in [6.45, 7) is 4.50. The number of ether oxygens (including phenoxy) is 1. The predicted molar refractivity (Wildman–Crippen MR) is 79.3 cm³/mol. The molecular weight excluding hydrogens is 268 g/mol. The smallest absolute Gasteiger partial charge is 0.317 e. The van der Waals surface area contributed by atoms with Gasteiger partial charge in [0.25, 0.3) is 0 Å². The monoisotopic (exact) mass is 288 g/mol. The summed E-state index contributed by atoms with van der Waals surface area (Å²) in [7, 11) is 0. The summed E-state index contributed by atoms with van der Waals surface area (Å²) in [5.74, 6) is 0. The van der Waals surface area contributed by atoms with Crippen molar-refractivity contribution in [2.45, 2.75) is 19.4 Å². The van der Waals surface area contributed by atoms with E-state index in [0.29, 0.717) is 26.2 Å². The number of fused-ring (bicyclic) bond motifs is 1. The Morgan fingerprint density at radius 2 is 2.43 bits per heavy atom. The van der Waals surface area contributed by atoms with Crippen molar-refractivity contribution in [2.24, 2.45) is 0 Å². The van der Waals surface area contributed by atoms with Crippen LogP contribution in [0.15, 0.2) is 30.6 Å². The Hall–Kier alpha value is -2.08. The number of amides is 2. The number of hydrogen-bond donors (Lipinski definition) is 1. The molecule has 3 rings (SSSR count). The van der Waals surface area contributed by atoms with Gasteiger partial charge in [-0.05, 0) is 19.1 Å². The zero-order valence-corrected chi connectivity index (χ0v) is 12.2. The largest absolute Gasteiger partial charge is 0.375 e. The molecule has 1 saturated heterocycles. The lowest BCUT2D eigenvalue weighted by Crippen LogP contribution is -2.49. The lowest BCUT2D eigenvalue weighted by Gasteiger charge is -2.31. The van der Waals surface area contributed by atoms with Gasteiger partial charge in [-0.15, -0.1) is 0 Å². The number of carbonyl (C=O) groups excluding carboxylic acids is 1. The van der Waals surface area contributed by atoms with E-state index in [9.17, 15) is 4.79 Å². The SMILES string of the molecule is C[C@@H]1CN(C(=O)NCCc2cn3ccccc3n2)CCO1. The van der Waals surface area contributed by atoms with Crippen LogP contribution in [0.5, 0.6) is 0 Å². The summed E-state index contributed by atoms with van der Waals surface area (Å²) < 4.78 is 7.42. The summed E-state index contributed by atoms with van der Waals surface area (Å²) >= 11 is 0. The summed E-state index contributed by atoms with van der Waals surface area (Å²) in [4.78, 5) is 18.4. The molecule has 1 N–H and O–H groups in total. The third-order valence-corrected chi connectivity index (χ3v) is 3.60. The van der Waals surface area contributed by atoms with Gasteiger partial charge in [-0.1, -0.05) is 6.07 Å². The highest BCUT2D eigenvalue weighted by Gasteiger charge is 2.20. The molecule has 6 nitrogen and oxygen atoms in total. The highest BCUT2D eigenvalue weighted by molar-refractivity contribution is 5.74. The molecule has 3 heterocycles. The van der Waals surface area contributed by atoms with E-state index in [1.165, 1.54) is 0 Å². The van der Waals surface area contributed by atoms with Crippen molar-refractivity contribution in [1.82, 2.24) is 19.6 Å². The maximum absolute atomic E-state index is 12.0. The number of pyridine rings is 1. The standard InChI is InChI=1S/C15H20N4O2/c1-12-10-19(8-9-21-12)15(20)16-6-5-13-11-18-7-3-2-4-14(18)17-13/h2-4,7,11-12H,5-6,8-10H2,1H3,(H,16,20)/t12-/m1/s1. The Balaban J connectivity index is 1.50. The van der Waals surface area contributed by atoms with Crippen molar-refractivity contribution in [3.8, 4) is 0 Å². The highest BCUT2D eigenvalue weighted by atomic mass is 16.5. The molecule has 0 saturated carbocycles. The first kappa shape index (κ1) is 13.9. The topological polar surface area (TPSA) is 58.9 Å². The van der Waals surface area contributed by atoms with Crippen LogP contribution in [-0.2, 0) is 11.2 Å². The molecule has 1 fully saturated rings. The van der Waals surface area contributed by atoms with Gasteiger partial charge in [-0.2, -0.15) is 0 Å². The minimum absolute atomic E-state index is 0.0195. The fourth-order valence-corrected chi connectivity index (χ4v) is 2.52. The molecule has 0 aromatic carbocycles. The molecule has 2 aromatic rings. The molecular formula is C15H20N4O2. The van der Waals surface area contributed by atoms with E-state index in [-0.39, 0.29) is 12.1 Å². The molecule has 2 amide bonds. The number of nitrogens with one attached hydrogen (secondary N) is 1. The van der Waals surface area contributed by atoms with Crippen LogP contribution in [0.2, 0.25) is 0 Å². The number of urea groups is 1. The average molecular weight is 288 g/mol. The zero-order valence-electron chi connectivity index (χ0n) is 12.2. The normalized spacial score (nSPS) is 18.9. The number of imidazole rings is 1. The number of rotatable bonds is 3. The van der Waals surface area contributed by atoms with E-state index in [1.54, 1.807) is 4.90 Å². The second kappa shape index (κ2) is 6.13. The van der Waals surface area contributed by atoms with Gasteiger partial charge >= 0.3 is 6.03 Å². The highest BCUT2D eigenvalue weighted by Crippen LogP contribution is 2.06. The maximum Gasteiger partial charge on any atom is 0.317 e. The Morgan fingerprint density at radius 1 is 1.52 bits per heavy atom. The van der Waals surface area contributed by atoms with E-state index < -0.39 is 0 Å². The van der Waals surface area contributed by atoms with Crippen LogP contribution in [0.1, 0.15) is 12.6 Å². The van der Waals surface area contributed by atoms with Gasteiger partial charge in [0.05, 0.1) is 18.4 Å². The number of aromatic nitrogens is 2. The molecule has 2 aromatic heterocycles. The van der Waals surface area contributed by atoms with Crippen molar-refractivity contribution in [3.63, 3.8) is 0 Å². The summed E-state index contributed by atoms with van der Waals surface area (Å²) in [5, 5.41) is 2.95. The third kappa shape index (κ3) is 3.33. The summed E-state index contributed by atoms with van der Waals surface area (Å²) in [6, 6.07) is 5.89. The lowest BCUT2D eigenvalue weighted by molar-refractivity contribution is -0.00343. The van der Waals surface area contributed by atoms with E-state index in [1.807, 2.05) is 41.9 Å². The van der Waals surface area contributed by atoms with Gasteiger partial charge in [0.15, 0.2) is 0 Å². The van der Waals surface area contributed by atoms with E-state index >= 15 is 0 Å². The Labute approximate surface area is 123 Å². The Bertz CT molecular complexity index is 592.